The first-order chi connectivity index (χ1) is 28.9. The van der Waals surface area contributed by atoms with E-state index >= 15 is 0 Å². The molecule has 7 atom stereocenters. The molecule has 328 valence electrons. The smallest absolute Gasteiger partial charge is 0.472 e. The van der Waals surface area contributed by atoms with E-state index in [-0.39, 0.29) is 58.7 Å². The van der Waals surface area contributed by atoms with Gasteiger partial charge >= 0.3 is 19.5 Å². The lowest BCUT2D eigenvalue weighted by atomic mass is 10.0. The molecule has 0 aliphatic carbocycles. The van der Waals surface area contributed by atoms with Crippen LogP contribution < -0.4 is 21.3 Å². The van der Waals surface area contributed by atoms with Crippen LogP contribution in [0.2, 0.25) is 15.1 Å². The van der Waals surface area contributed by atoms with Crippen molar-refractivity contribution in [1.82, 2.24) is 14.9 Å². The molecule has 19 nitrogen and oxygen atoms in total. The first-order valence-electron chi connectivity index (χ1n) is 18.5. The molecule has 2 aromatic heterocycles. The van der Waals surface area contributed by atoms with E-state index in [1.807, 2.05) is 13.0 Å². The summed E-state index contributed by atoms with van der Waals surface area (Å²) in [7, 11) is -3.45. The van der Waals surface area contributed by atoms with Gasteiger partial charge in [0.15, 0.2) is 23.4 Å². The number of oxime groups is 1. The second-order valence-corrected chi connectivity index (χ2v) is 16.6. The molecular formula is C38H40Cl3N4O15P. The summed E-state index contributed by atoms with van der Waals surface area (Å²) in [5.74, 6) is -1.73. The Balaban J connectivity index is 1.16. The minimum Gasteiger partial charge on any atom is -0.503 e. The van der Waals surface area contributed by atoms with Crippen LogP contribution in [0.5, 0.6) is 11.5 Å². The number of halogens is 3. The molecule has 0 spiro atoms. The Morgan fingerprint density at radius 1 is 1.08 bits per heavy atom. The molecule has 2 fully saturated rings. The summed E-state index contributed by atoms with van der Waals surface area (Å²) < 4.78 is 52.1. The zero-order valence-electron chi connectivity index (χ0n) is 32.8. The van der Waals surface area contributed by atoms with E-state index in [0.717, 1.165) is 16.3 Å². The van der Waals surface area contributed by atoms with Gasteiger partial charge in [-0.25, -0.2) is 9.36 Å². The van der Waals surface area contributed by atoms with Crippen molar-refractivity contribution in [2.75, 3.05) is 20.3 Å². The van der Waals surface area contributed by atoms with Crippen LogP contribution in [0, 0.1) is 12.8 Å². The molecule has 2 aliphatic rings. The van der Waals surface area contributed by atoms with E-state index < -0.39 is 80.1 Å². The monoisotopic (exact) mass is 928 g/mol. The zero-order chi connectivity index (χ0) is 44.2. The Morgan fingerprint density at radius 3 is 2.56 bits per heavy atom. The van der Waals surface area contributed by atoms with Crippen molar-refractivity contribution in [3.8, 4) is 22.8 Å². The van der Waals surface area contributed by atoms with Crippen molar-refractivity contribution in [2.45, 2.75) is 71.0 Å². The van der Waals surface area contributed by atoms with Gasteiger partial charge in [-0.05, 0) is 43.7 Å². The number of benzene rings is 2. The largest absolute Gasteiger partial charge is 0.503 e. The van der Waals surface area contributed by atoms with Gasteiger partial charge in [-0.3, -0.25) is 33.0 Å². The van der Waals surface area contributed by atoms with Crippen LogP contribution in [0.25, 0.3) is 11.3 Å². The summed E-state index contributed by atoms with van der Waals surface area (Å²) in [4.78, 5) is 68.9. The average molecular weight is 930 g/mol. The Kier molecular flexibility index (Phi) is 14.7. The predicted octanol–water partition coefficient (Wildman–Crippen LogP) is 5.86. The van der Waals surface area contributed by atoms with Gasteiger partial charge in [0.2, 0.25) is 6.29 Å². The standard InChI is InChI=1S/C38H40Cl3N4O15P/c1-18-5-6-23(25(39)9-18)27-7-8-28(58-27)37(49)42-13-22-15-45(38(50)44-36(22)48)32-12-29(60-43-14-24-26(40)11-30(53-4)35(47)34(24)41)31(59-32)17-55-61(51,52)54-16-21-10-33(56-19(21)2)57-20(3)46/h5-9,11,14-15,19,21,29,31-33,47H,10,12-13,16-17H2,1-4H3,(H,42,49)(H,51,52)(H,44,48,50)/b43-14+/t19?,21?,29?,31-,32-,33?/m1/s1. The second-order valence-electron chi connectivity index (χ2n) is 14.0. The first kappa shape index (κ1) is 45.8. The van der Waals surface area contributed by atoms with Crippen LogP contribution in [0.3, 0.4) is 0 Å². The number of carbonyl (C=O) groups excluding carboxylic acids is 2. The maximum absolute atomic E-state index is 13.1. The third-order valence-corrected chi connectivity index (χ3v) is 11.6. The van der Waals surface area contributed by atoms with E-state index in [1.165, 1.54) is 32.4 Å². The van der Waals surface area contributed by atoms with Crippen LogP contribution in [0.1, 0.15) is 60.2 Å². The normalized spacial score (nSPS) is 22.3. The lowest BCUT2D eigenvalue weighted by molar-refractivity contribution is -0.171. The lowest BCUT2D eigenvalue weighted by Crippen LogP contribution is -2.36. The number of aromatic amines is 1. The molecule has 23 heteroatoms. The highest BCUT2D eigenvalue weighted by Gasteiger charge is 2.42. The van der Waals surface area contributed by atoms with Crippen LogP contribution in [-0.4, -0.2) is 82.6 Å². The molecule has 6 rings (SSSR count). The lowest BCUT2D eigenvalue weighted by Gasteiger charge is -2.20. The number of furan rings is 1. The first-order valence-corrected chi connectivity index (χ1v) is 21.1. The summed E-state index contributed by atoms with van der Waals surface area (Å²) in [6.07, 6.45) is -2.40. The van der Waals surface area contributed by atoms with Crippen LogP contribution in [0.4, 0.5) is 0 Å². The van der Waals surface area contributed by atoms with Gasteiger partial charge in [-0.2, -0.15) is 0 Å². The van der Waals surface area contributed by atoms with E-state index in [9.17, 15) is 33.7 Å². The fourth-order valence-electron chi connectivity index (χ4n) is 6.43. The fourth-order valence-corrected chi connectivity index (χ4v) is 8.08. The maximum Gasteiger partial charge on any atom is 0.472 e. The molecule has 2 saturated heterocycles. The van der Waals surface area contributed by atoms with Gasteiger partial charge in [-0.1, -0.05) is 46.0 Å². The van der Waals surface area contributed by atoms with Gasteiger partial charge in [0, 0.05) is 49.1 Å². The Labute approximate surface area is 361 Å². The third kappa shape index (κ3) is 11.2. The number of amides is 1. The molecule has 0 saturated carbocycles. The molecule has 4 aromatic rings. The van der Waals surface area contributed by atoms with Crippen molar-refractivity contribution in [1.29, 1.82) is 0 Å². The number of carbonyl (C=O) groups is 2. The quantitative estimate of drug-likeness (QED) is 0.0444. The van der Waals surface area contributed by atoms with Crippen LogP contribution in [-0.2, 0) is 44.0 Å². The van der Waals surface area contributed by atoms with Gasteiger partial charge in [0.05, 0.1) is 59.8 Å². The van der Waals surface area contributed by atoms with Gasteiger partial charge in [0.25, 0.3) is 11.5 Å². The number of aromatic hydroxyl groups is 1. The summed E-state index contributed by atoms with van der Waals surface area (Å²) in [6.45, 7) is 3.56. The molecular weight excluding hydrogens is 890 g/mol. The van der Waals surface area contributed by atoms with Crippen molar-refractivity contribution in [3.05, 3.63) is 101 Å². The van der Waals surface area contributed by atoms with Crippen molar-refractivity contribution < 1.29 is 61.4 Å². The Bertz CT molecular complexity index is 2480. The molecule has 0 radical (unpaired) electrons. The number of nitrogens with zero attached hydrogens (tertiary/aromatic N) is 2. The summed E-state index contributed by atoms with van der Waals surface area (Å²) >= 11 is 18.9. The van der Waals surface area contributed by atoms with E-state index in [4.69, 9.17) is 72.1 Å². The number of hydrogen-bond donors (Lipinski definition) is 4. The number of phosphoric acid groups is 1. The van der Waals surface area contributed by atoms with E-state index in [2.05, 4.69) is 15.5 Å². The third-order valence-electron chi connectivity index (χ3n) is 9.66. The zero-order valence-corrected chi connectivity index (χ0v) is 36.0. The number of H-pyrrole nitrogens is 1. The molecule has 1 amide bonds. The summed E-state index contributed by atoms with van der Waals surface area (Å²) in [5.41, 5.74) is -0.141. The number of ether oxygens (including phenoxy) is 4. The topological polar surface area (TPSA) is 249 Å². The molecule has 2 aliphatic heterocycles. The Morgan fingerprint density at radius 2 is 1.84 bits per heavy atom. The van der Waals surface area contributed by atoms with Gasteiger partial charge < -0.3 is 43.5 Å². The highest BCUT2D eigenvalue weighted by molar-refractivity contribution is 7.47. The SMILES string of the molecule is COc1cc(Cl)c(/C=N/OC2C[C@H](n3cc(CNC(=O)c4ccc(-c5ccc(C)cc5Cl)o4)c(=O)[nH]c3=O)O[C@@H]2COP(=O)(O)OCC2CC(OC(C)=O)OC2C)c(Cl)c1O. The number of aromatic nitrogens is 2. The van der Waals surface area contributed by atoms with Crippen LogP contribution >= 0.6 is 42.6 Å². The minimum atomic E-state index is -4.76. The molecule has 5 unspecified atom stereocenters. The molecule has 2 aromatic carbocycles. The highest BCUT2D eigenvalue weighted by Crippen LogP contribution is 2.46. The van der Waals surface area contributed by atoms with E-state index in [1.54, 1.807) is 25.1 Å². The van der Waals surface area contributed by atoms with Crippen molar-refractivity contribution in [3.63, 3.8) is 0 Å². The number of phenolic OH excluding ortho intramolecular Hbond substituents is 1. The molecule has 4 heterocycles. The van der Waals surface area contributed by atoms with Crippen molar-refractivity contribution >= 4 is 60.7 Å². The summed E-state index contributed by atoms with van der Waals surface area (Å²) in [6, 6.07) is 9.69. The van der Waals surface area contributed by atoms with E-state index in [0.29, 0.717) is 16.3 Å². The number of aryl methyl sites for hydroxylation is 1. The van der Waals surface area contributed by atoms with Gasteiger partial charge in [-0.15, -0.1) is 0 Å². The number of methoxy groups -OCH3 is 1. The summed E-state index contributed by atoms with van der Waals surface area (Å²) in [5, 5.41) is 17.2. The molecule has 4 N–H and O–H groups in total. The van der Waals surface area contributed by atoms with Crippen molar-refractivity contribution in [2.24, 2.45) is 11.1 Å². The number of phenols is 1. The fraction of sp³-hybridized carbons (Fsp3) is 0.395. The molecule has 0 bridgehead atoms. The average Bonchev–Trinajstić information content (AvgIpc) is 3.94. The number of esters is 1. The minimum absolute atomic E-state index is 0.0101. The number of phosphoric ester groups is 1. The van der Waals surface area contributed by atoms with Crippen LogP contribution in [0.15, 0.2) is 61.8 Å². The Hall–Kier alpha value is -4.69. The number of hydrogen-bond acceptors (Lipinski definition) is 15. The number of nitrogens with one attached hydrogen (secondary N) is 2. The molecule has 61 heavy (non-hydrogen) atoms. The maximum atomic E-state index is 13.1. The highest BCUT2D eigenvalue weighted by atomic mass is 35.5. The number of rotatable bonds is 16. The second kappa shape index (κ2) is 19.6. The van der Waals surface area contributed by atoms with Gasteiger partial charge in [0.1, 0.15) is 18.1 Å². The predicted molar refractivity (Wildman–Crippen MR) is 218 cm³/mol.